The molecule has 3 fully saturated rings. The van der Waals surface area contributed by atoms with Gasteiger partial charge in [0.1, 0.15) is 54.1 Å². The molecule has 7 rings (SSSR count). The van der Waals surface area contributed by atoms with E-state index in [9.17, 15) is 18.8 Å². The van der Waals surface area contributed by atoms with Crippen LogP contribution in [0.4, 0.5) is 20.4 Å². The number of alkyl halides is 2. The predicted octanol–water partition coefficient (Wildman–Crippen LogP) is 3.27. The number of rotatable bonds is 5. The number of nitrogens with zero attached hydrogens (tertiary/aromatic N) is 8. The summed E-state index contributed by atoms with van der Waals surface area (Å²) >= 11 is 0.450. The van der Waals surface area contributed by atoms with Gasteiger partial charge in [-0.2, -0.15) is 0 Å². The number of aromatic nitrogens is 8. The number of hydrogen-bond donors (Lipinski definition) is 3. The second kappa shape index (κ2) is 13.8. The van der Waals surface area contributed by atoms with Crippen LogP contribution in [-0.4, -0.2) is 99.7 Å². The van der Waals surface area contributed by atoms with Crippen LogP contribution in [0.15, 0.2) is 25.3 Å². The molecule has 10 atom stereocenters. The number of hydrogen-bond acceptors (Lipinski definition) is 18. The molecule has 0 amide bonds. The lowest BCUT2D eigenvalue weighted by molar-refractivity contribution is -0.150. The maximum atomic E-state index is 16.6. The van der Waals surface area contributed by atoms with Gasteiger partial charge in [-0.3, -0.25) is 27.5 Å². The number of nitrogen functional groups attached to an aromatic ring is 2. The molecule has 0 aromatic carbocycles. The van der Waals surface area contributed by atoms with Gasteiger partial charge in [-0.25, -0.2) is 47.8 Å². The van der Waals surface area contributed by atoms with Crippen LogP contribution >= 0.6 is 26.0 Å². The summed E-state index contributed by atoms with van der Waals surface area (Å²) in [6.07, 6.45) is -5.91. The smallest absolute Gasteiger partial charge is 0.454 e. The molecule has 4 aromatic rings. The molecule has 2 saturated heterocycles. The molecule has 3 aliphatic rings. The zero-order valence-corrected chi connectivity index (χ0v) is 30.3. The van der Waals surface area contributed by atoms with Crippen molar-refractivity contribution in [2.24, 2.45) is 11.3 Å². The van der Waals surface area contributed by atoms with Gasteiger partial charge in [-0.15, -0.1) is 0 Å². The van der Waals surface area contributed by atoms with Crippen LogP contribution in [0, 0.1) is 11.3 Å². The minimum atomic E-state index is -5.09. The summed E-state index contributed by atoms with van der Waals surface area (Å²) in [6, 6.07) is -1.07. The van der Waals surface area contributed by atoms with E-state index < -0.39 is 94.0 Å². The molecule has 4 unspecified atom stereocenters. The van der Waals surface area contributed by atoms with Crippen molar-refractivity contribution < 1.29 is 55.2 Å². The van der Waals surface area contributed by atoms with E-state index in [1.54, 1.807) is 20.8 Å². The van der Waals surface area contributed by atoms with Crippen molar-refractivity contribution in [2.75, 3.05) is 30.6 Å². The first kappa shape index (κ1) is 36.9. The van der Waals surface area contributed by atoms with Crippen molar-refractivity contribution in [3.8, 4) is 0 Å². The Labute approximate surface area is 297 Å². The predicted molar refractivity (Wildman–Crippen MR) is 177 cm³/mol. The first-order chi connectivity index (χ1) is 24.6. The standard InChI is InChI=1S/C27H34F2N10O10P2S/c1-27(2,3)26(40)44-11-52-51(43)46-6-14-20(16(29)25(47-14)39-10-37-18-22(31)33-8-35-24(18)39)48-50(41,42)45-5-12-4-13(15(28)19(12)49-51)38-9-36-17-21(30)32-7-34-23(17)38/h7-10,12-16,19-20,25H,4-6,11H2,1-3H3,(H,41,42)(H2,30,32,34)(H2,31,33,35)/t12-,13-,14-,15?,16+,19+,20?,25-,51?/m1/s1. The Balaban J connectivity index is 1.20. The van der Waals surface area contributed by atoms with E-state index in [4.69, 9.17) is 39.0 Å². The molecule has 4 aromatic heterocycles. The lowest BCUT2D eigenvalue weighted by atomic mass is 9.98. The highest BCUT2D eigenvalue weighted by Gasteiger charge is 2.54. The number of imidazole rings is 2. The number of carbonyl (C=O) groups excluding carboxylic acids is 1. The van der Waals surface area contributed by atoms with E-state index in [-0.39, 0.29) is 40.4 Å². The third kappa shape index (κ3) is 7.01. The van der Waals surface area contributed by atoms with Gasteiger partial charge < -0.3 is 30.4 Å². The molecule has 1 saturated carbocycles. The van der Waals surface area contributed by atoms with Crippen LogP contribution in [0.1, 0.15) is 39.5 Å². The lowest BCUT2D eigenvalue weighted by Gasteiger charge is -2.30. The number of anilines is 2. The minimum Gasteiger partial charge on any atom is -0.454 e. The Kier molecular flexibility index (Phi) is 9.79. The Bertz CT molecular complexity index is 2090. The maximum absolute atomic E-state index is 16.6. The number of phosphoric acid groups is 1. The van der Waals surface area contributed by atoms with Gasteiger partial charge in [0.2, 0.25) is 0 Å². The highest BCUT2D eigenvalue weighted by molar-refractivity contribution is 8.55. The molecule has 0 bridgehead atoms. The number of carbonyl (C=O) groups is 1. The van der Waals surface area contributed by atoms with E-state index in [1.807, 2.05) is 0 Å². The van der Waals surface area contributed by atoms with Crippen molar-refractivity contribution in [1.82, 2.24) is 39.0 Å². The molecule has 0 spiro atoms. The first-order valence-electron chi connectivity index (χ1n) is 15.8. The maximum Gasteiger partial charge on any atom is 0.472 e. The monoisotopic (exact) mass is 790 g/mol. The molecular formula is C27H34F2N10O10P2S. The summed E-state index contributed by atoms with van der Waals surface area (Å²) in [7, 11) is -5.09. The van der Waals surface area contributed by atoms with Gasteiger partial charge in [0.25, 0.3) is 0 Å². The zero-order chi connectivity index (χ0) is 37.2. The van der Waals surface area contributed by atoms with Crippen molar-refractivity contribution in [3.05, 3.63) is 25.3 Å². The molecule has 282 valence electrons. The van der Waals surface area contributed by atoms with Crippen LogP contribution in [0.3, 0.4) is 0 Å². The van der Waals surface area contributed by atoms with Crippen LogP contribution in [0.5, 0.6) is 0 Å². The number of nitrogens with two attached hydrogens (primary N) is 2. The molecule has 6 heterocycles. The van der Waals surface area contributed by atoms with Gasteiger partial charge in [-0.05, 0) is 27.2 Å². The molecule has 5 N–H and O–H groups in total. The summed E-state index contributed by atoms with van der Waals surface area (Å²) in [5, 5.41) is 0. The Hall–Kier alpha value is -3.40. The fourth-order valence-electron chi connectivity index (χ4n) is 6.12. The Morgan fingerprint density at radius 1 is 0.942 bits per heavy atom. The number of phosphoric ester groups is 1. The summed E-state index contributed by atoms with van der Waals surface area (Å²) in [4.78, 5) is 47.6. The summed E-state index contributed by atoms with van der Waals surface area (Å²) < 4.78 is 96.8. The number of ether oxygens (including phenoxy) is 2. The Morgan fingerprint density at radius 3 is 2.23 bits per heavy atom. The topological polar surface area (TPSA) is 266 Å². The lowest BCUT2D eigenvalue weighted by Crippen LogP contribution is -2.35. The van der Waals surface area contributed by atoms with Crippen molar-refractivity contribution >= 4 is 65.9 Å². The van der Waals surface area contributed by atoms with Crippen LogP contribution < -0.4 is 11.5 Å². The summed E-state index contributed by atoms with van der Waals surface area (Å²) in [6.45, 7) is -1.11. The largest absolute Gasteiger partial charge is 0.472 e. The van der Waals surface area contributed by atoms with E-state index in [1.165, 1.54) is 28.1 Å². The second-order valence-corrected chi connectivity index (χ2v) is 18.6. The molecule has 1 aliphatic carbocycles. The van der Waals surface area contributed by atoms with Crippen LogP contribution in [0.25, 0.3) is 22.3 Å². The third-order valence-corrected chi connectivity index (χ3v) is 13.1. The van der Waals surface area contributed by atoms with Gasteiger partial charge in [0.15, 0.2) is 35.3 Å². The van der Waals surface area contributed by atoms with Crippen molar-refractivity contribution in [2.45, 2.75) is 70.1 Å². The second-order valence-electron chi connectivity index (χ2n) is 13.3. The van der Waals surface area contributed by atoms with Crippen molar-refractivity contribution in [1.29, 1.82) is 0 Å². The van der Waals surface area contributed by atoms with E-state index in [2.05, 4.69) is 29.9 Å². The first-order valence-corrected chi connectivity index (χ1v) is 20.4. The van der Waals surface area contributed by atoms with E-state index in [0.717, 1.165) is 6.33 Å². The SMILES string of the molecule is CC(C)(C)C(=O)OCSP1(=O)OC[C@H]2O[C@@H](n3cnc4c(N)ncnc43)[C@@H](F)C2OP(=O)(O)OC[C@H]2C[C@@H](n3cnc4c(N)ncnc43)C(F)[C@H]2O1. The average Bonchev–Trinajstić information content (AvgIpc) is 3.84. The van der Waals surface area contributed by atoms with Crippen molar-refractivity contribution in [3.63, 3.8) is 0 Å². The van der Waals surface area contributed by atoms with Gasteiger partial charge in [0, 0.05) is 17.3 Å². The number of halogens is 2. The van der Waals surface area contributed by atoms with Crippen LogP contribution in [0.2, 0.25) is 0 Å². The molecule has 52 heavy (non-hydrogen) atoms. The van der Waals surface area contributed by atoms with Gasteiger partial charge >= 0.3 is 20.6 Å². The quantitative estimate of drug-likeness (QED) is 0.149. The summed E-state index contributed by atoms with van der Waals surface area (Å²) in [5.74, 6) is -2.15. The third-order valence-electron chi connectivity index (χ3n) is 8.73. The molecular weight excluding hydrogens is 756 g/mol. The number of esters is 1. The molecule has 20 nitrogen and oxygen atoms in total. The molecule has 2 aliphatic heterocycles. The Morgan fingerprint density at radius 2 is 1.58 bits per heavy atom. The minimum absolute atomic E-state index is 0.0105. The molecule has 25 heteroatoms. The highest BCUT2D eigenvalue weighted by Crippen LogP contribution is 2.64. The van der Waals surface area contributed by atoms with Gasteiger partial charge in [-0.1, -0.05) is 0 Å². The normalized spacial score (nSPS) is 34.4. The number of fused-ring (bicyclic) bond motifs is 4. The van der Waals surface area contributed by atoms with Crippen LogP contribution in [-0.2, 0) is 41.5 Å². The summed E-state index contributed by atoms with van der Waals surface area (Å²) in [5.41, 5.74) is 11.5. The fourth-order valence-corrected chi connectivity index (χ4v) is 9.96. The van der Waals surface area contributed by atoms with E-state index >= 15 is 8.78 Å². The van der Waals surface area contributed by atoms with E-state index in [0.29, 0.717) is 11.4 Å². The highest BCUT2D eigenvalue weighted by atomic mass is 32.7. The average molecular weight is 791 g/mol. The molecule has 0 radical (unpaired) electrons. The fraction of sp³-hybridized carbons (Fsp3) is 0.593. The zero-order valence-electron chi connectivity index (χ0n) is 27.7. The van der Waals surface area contributed by atoms with Gasteiger partial charge in [0.05, 0.1) is 37.3 Å².